The number of carbonyl (C=O) groups excluding carboxylic acids is 1. The number of halogens is 1. The Morgan fingerprint density at radius 1 is 1.13 bits per heavy atom. The number of thiophene rings is 1. The predicted octanol–water partition coefficient (Wildman–Crippen LogP) is 3.04. The molecule has 3 fully saturated rings. The maximum Gasteiger partial charge on any atom is 0.248 e. The van der Waals surface area contributed by atoms with Crippen LogP contribution in [-0.4, -0.2) is 95.4 Å². The fraction of sp³-hybridized carbons (Fsp3) is 0.444. The Bertz CT molecular complexity index is 1520. The number of carbonyl (C=O) groups is 1. The van der Waals surface area contributed by atoms with E-state index in [4.69, 9.17) is 19.4 Å². The fourth-order valence-electron chi connectivity index (χ4n) is 5.82. The highest BCUT2D eigenvalue weighted by Crippen LogP contribution is 2.35. The van der Waals surface area contributed by atoms with E-state index in [2.05, 4.69) is 15.9 Å². The van der Waals surface area contributed by atoms with E-state index in [9.17, 15) is 9.18 Å². The second-order valence-electron chi connectivity index (χ2n) is 10.2. The third-order valence-electron chi connectivity index (χ3n) is 7.87. The summed E-state index contributed by atoms with van der Waals surface area (Å²) in [5.41, 5.74) is 1.78. The fourth-order valence-corrected chi connectivity index (χ4v) is 6.97. The molecule has 1 amide bonds. The lowest BCUT2D eigenvalue weighted by atomic mass is 9.98. The molecule has 7 rings (SSSR count). The van der Waals surface area contributed by atoms with Crippen molar-refractivity contribution in [1.29, 1.82) is 0 Å². The highest BCUT2D eigenvalue weighted by molar-refractivity contribution is 7.19. The van der Waals surface area contributed by atoms with Crippen molar-refractivity contribution < 1.29 is 18.7 Å². The van der Waals surface area contributed by atoms with Crippen LogP contribution < -0.4 is 4.90 Å². The quantitative estimate of drug-likeness (QED) is 0.397. The van der Waals surface area contributed by atoms with Crippen molar-refractivity contribution in [3.05, 3.63) is 47.2 Å². The van der Waals surface area contributed by atoms with Crippen molar-refractivity contribution in [2.45, 2.75) is 25.1 Å². The van der Waals surface area contributed by atoms with E-state index >= 15 is 0 Å². The van der Waals surface area contributed by atoms with Gasteiger partial charge >= 0.3 is 0 Å². The van der Waals surface area contributed by atoms with Crippen LogP contribution in [0.5, 0.6) is 0 Å². The lowest BCUT2D eigenvalue weighted by Gasteiger charge is -2.45. The summed E-state index contributed by atoms with van der Waals surface area (Å²) in [6, 6.07) is 8.98. The van der Waals surface area contributed by atoms with Gasteiger partial charge in [-0.25, -0.2) is 9.37 Å². The molecule has 3 aromatic heterocycles. The van der Waals surface area contributed by atoms with Gasteiger partial charge in [-0.05, 0) is 36.8 Å². The highest BCUT2D eigenvalue weighted by Gasteiger charge is 2.38. The Balaban J connectivity index is 1.22. The molecule has 3 aliphatic heterocycles. The summed E-state index contributed by atoms with van der Waals surface area (Å²) in [6.45, 7) is 5.55. The van der Waals surface area contributed by atoms with E-state index in [-0.39, 0.29) is 30.5 Å². The molecule has 4 aromatic rings. The van der Waals surface area contributed by atoms with Crippen LogP contribution in [0.25, 0.3) is 27.1 Å². The van der Waals surface area contributed by atoms with Gasteiger partial charge in [-0.15, -0.1) is 11.3 Å². The minimum atomic E-state index is -0.260. The standard InChI is InChI=1S/C27H29FN6O3S/c1-31-22-5-6-32(15-23(22)37-16-24(31)35)14-19-13-20-25(38-19)26(33-8-10-36-11-9-33)30-27(29-20)34-7-4-17-12-18(28)2-3-21(17)34/h2-4,7,12-13,22-23H,5-6,8-11,14-16H2,1H3/t22-,23-/m1/s1. The number of likely N-dealkylation sites (tertiary alicyclic amines) is 1. The highest BCUT2D eigenvalue weighted by atomic mass is 32.1. The summed E-state index contributed by atoms with van der Waals surface area (Å²) in [6.07, 6.45) is 2.85. The number of piperidine rings is 1. The first-order valence-electron chi connectivity index (χ1n) is 13.0. The SMILES string of the molecule is CN1C(=O)CO[C@@H]2CN(Cc3cc4nc(-n5ccc6cc(F)ccc65)nc(N5CCOCC5)c4s3)CC[C@H]21. The Morgan fingerprint density at radius 2 is 2.00 bits per heavy atom. The minimum absolute atomic E-state index is 0.0444. The third-order valence-corrected chi connectivity index (χ3v) is 8.98. The number of anilines is 1. The molecule has 0 N–H and O–H groups in total. The Labute approximate surface area is 223 Å². The molecule has 11 heteroatoms. The van der Waals surface area contributed by atoms with Crippen molar-refractivity contribution >= 4 is 44.2 Å². The van der Waals surface area contributed by atoms with Gasteiger partial charge < -0.3 is 19.3 Å². The Morgan fingerprint density at radius 3 is 2.87 bits per heavy atom. The number of hydrogen-bond acceptors (Lipinski definition) is 8. The number of amides is 1. The van der Waals surface area contributed by atoms with E-state index in [1.54, 1.807) is 17.4 Å². The first kappa shape index (κ1) is 24.0. The largest absolute Gasteiger partial charge is 0.378 e. The van der Waals surface area contributed by atoms with Crippen molar-refractivity contribution in [2.24, 2.45) is 0 Å². The molecule has 0 unspecified atom stereocenters. The van der Waals surface area contributed by atoms with Crippen LogP contribution in [0.2, 0.25) is 0 Å². The van der Waals surface area contributed by atoms with Gasteiger partial charge in [0.25, 0.3) is 0 Å². The first-order chi connectivity index (χ1) is 18.5. The zero-order valence-electron chi connectivity index (χ0n) is 21.2. The second-order valence-corrected chi connectivity index (χ2v) is 11.3. The number of morpholine rings is 2. The molecule has 6 heterocycles. The van der Waals surface area contributed by atoms with Crippen molar-refractivity contribution in [2.75, 3.05) is 57.9 Å². The molecule has 0 aliphatic carbocycles. The number of hydrogen-bond donors (Lipinski definition) is 0. The zero-order chi connectivity index (χ0) is 25.8. The van der Waals surface area contributed by atoms with E-state index in [0.29, 0.717) is 19.2 Å². The molecule has 38 heavy (non-hydrogen) atoms. The zero-order valence-corrected chi connectivity index (χ0v) is 22.0. The van der Waals surface area contributed by atoms with Gasteiger partial charge in [0.15, 0.2) is 5.82 Å². The summed E-state index contributed by atoms with van der Waals surface area (Å²) in [4.78, 5) is 29.8. The molecular weight excluding hydrogens is 507 g/mol. The van der Waals surface area contributed by atoms with Crippen LogP contribution in [0, 0.1) is 5.82 Å². The maximum absolute atomic E-state index is 13.8. The smallest absolute Gasteiger partial charge is 0.248 e. The van der Waals surface area contributed by atoms with Crippen molar-refractivity contribution in [3.8, 4) is 5.95 Å². The second kappa shape index (κ2) is 9.57. The van der Waals surface area contributed by atoms with Gasteiger partial charge in [-0.1, -0.05) is 0 Å². The first-order valence-corrected chi connectivity index (χ1v) is 13.8. The lowest BCUT2D eigenvalue weighted by Crippen LogP contribution is -2.59. The molecule has 1 aromatic carbocycles. The van der Waals surface area contributed by atoms with E-state index < -0.39 is 0 Å². The van der Waals surface area contributed by atoms with Gasteiger partial charge in [-0.3, -0.25) is 14.3 Å². The third kappa shape index (κ3) is 4.23. The molecule has 3 aliphatic rings. The molecule has 3 saturated heterocycles. The molecule has 0 bridgehead atoms. The number of nitrogens with zero attached hydrogens (tertiary/aromatic N) is 6. The number of rotatable bonds is 4. The number of aromatic nitrogens is 3. The molecule has 0 spiro atoms. The summed E-state index contributed by atoms with van der Waals surface area (Å²) < 4.78 is 28.3. The van der Waals surface area contributed by atoms with Crippen LogP contribution >= 0.6 is 11.3 Å². The number of fused-ring (bicyclic) bond motifs is 3. The van der Waals surface area contributed by atoms with Gasteiger partial charge in [-0.2, -0.15) is 4.98 Å². The van der Waals surface area contributed by atoms with E-state index in [0.717, 1.165) is 66.1 Å². The van der Waals surface area contributed by atoms with Crippen molar-refractivity contribution in [3.63, 3.8) is 0 Å². The molecule has 0 radical (unpaired) electrons. The van der Waals surface area contributed by atoms with Gasteiger partial charge in [0, 0.05) is 56.2 Å². The van der Waals surface area contributed by atoms with Crippen LogP contribution in [0.3, 0.4) is 0 Å². The van der Waals surface area contributed by atoms with E-state index in [1.165, 1.54) is 17.0 Å². The molecular formula is C27H29FN6O3S. The average Bonchev–Trinajstić information content (AvgIpc) is 3.54. The van der Waals surface area contributed by atoms with E-state index in [1.807, 2.05) is 28.8 Å². The van der Waals surface area contributed by atoms with Crippen LogP contribution in [0.15, 0.2) is 36.5 Å². The molecule has 9 nitrogen and oxygen atoms in total. The topological polar surface area (TPSA) is 76.0 Å². The minimum Gasteiger partial charge on any atom is -0.378 e. The number of likely N-dealkylation sites (N-methyl/N-ethyl adjacent to an activating group) is 1. The number of benzene rings is 1. The summed E-state index contributed by atoms with van der Waals surface area (Å²) in [7, 11) is 1.89. The average molecular weight is 537 g/mol. The monoisotopic (exact) mass is 536 g/mol. The summed E-state index contributed by atoms with van der Waals surface area (Å²) in [5, 5.41) is 0.813. The predicted molar refractivity (Wildman–Crippen MR) is 143 cm³/mol. The van der Waals surface area contributed by atoms with Crippen LogP contribution in [0.4, 0.5) is 10.2 Å². The van der Waals surface area contributed by atoms with Gasteiger partial charge in [0.05, 0.1) is 41.1 Å². The molecule has 2 atom stereocenters. The lowest BCUT2D eigenvalue weighted by molar-refractivity contribution is -0.160. The maximum atomic E-state index is 13.8. The molecule has 0 saturated carbocycles. The summed E-state index contributed by atoms with van der Waals surface area (Å²) >= 11 is 1.74. The Hall–Kier alpha value is -3.12. The molecule has 198 valence electrons. The van der Waals surface area contributed by atoms with Crippen molar-refractivity contribution in [1.82, 2.24) is 24.3 Å². The Kier molecular flexibility index (Phi) is 6.03. The summed E-state index contributed by atoms with van der Waals surface area (Å²) in [5.74, 6) is 1.30. The number of ether oxygens (including phenoxy) is 2. The van der Waals surface area contributed by atoms with Crippen LogP contribution in [0.1, 0.15) is 11.3 Å². The van der Waals surface area contributed by atoms with Gasteiger partial charge in [0.2, 0.25) is 11.9 Å². The van der Waals surface area contributed by atoms with Gasteiger partial charge in [0.1, 0.15) is 12.4 Å². The van der Waals surface area contributed by atoms with Crippen LogP contribution in [-0.2, 0) is 20.8 Å². The normalized spacial score (nSPS) is 22.9.